The Morgan fingerprint density at radius 2 is 1.81 bits per heavy atom. The number of carbonyl (C=O) groups is 1. The quantitative estimate of drug-likeness (QED) is 0.868. The minimum atomic E-state index is -0.311. The van der Waals surface area contributed by atoms with Crippen LogP contribution in [-0.4, -0.2) is 11.2 Å². The molecule has 0 spiro atoms. The van der Waals surface area contributed by atoms with Crippen LogP contribution in [0.4, 0.5) is 5.69 Å². The molecular formula is C17H14N2OS. The molecule has 0 bridgehead atoms. The highest BCUT2D eigenvalue weighted by Gasteiger charge is 2.33. The monoisotopic (exact) mass is 294 g/mol. The van der Waals surface area contributed by atoms with Crippen LogP contribution in [0.2, 0.25) is 0 Å². The Kier molecular flexibility index (Phi) is 3.94. The van der Waals surface area contributed by atoms with E-state index in [1.165, 1.54) is 11.8 Å². The van der Waals surface area contributed by atoms with Gasteiger partial charge in [-0.2, -0.15) is 5.26 Å². The van der Waals surface area contributed by atoms with Gasteiger partial charge in [0.15, 0.2) is 0 Å². The third-order valence-corrected chi connectivity index (χ3v) is 4.68. The highest BCUT2D eigenvalue weighted by atomic mass is 32.2. The fourth-order valence-corrected chi connectivity index (χ4v) is 3.57. The van der Waals surface area contributed by atoms with Crippen LogP contribution in [0.5, 0.6) is 0 Å². The number of carbonyl (C=O) groups excluding carboxylic acids is 1. The number of nitrogens with zero attached hydrogens (tertiary/aromatic N) is 2. The van der Waals surface area contributed by atoms with Crippen molar-refractivity contribution >= 4 is 23.4 Å². The fraction of sp³-hybridized carbons (Fsp3) is 0.176. The lowest BCUT2D eigenvalue weighted by molar-refractivity contribution is -0.118. The van der Waals surface area contributed by atoms with Gasteiger partial charge in [-0.25, -0.2) is 0 Å². The molecule has 1 aliphatic rings. The minimum Gasteiger partial charge on any atom is -0.306 e. The molecule has 1 atom stereocenters. The predicted octanol–water partition coefficient (Wildman–Crippen LogP) is 3.61. The SMILES string of the molecule is N#CCC1Sc2ccccc2N(Cc2ccccc2)C1=O. The summed E-state index contributed by atoms with van der Waals surface area (Å²) in [5, 5.41) is 8.61. The first-order chi connectivity index (χ1) is 10.3. The third kappa shape index (κ3) is 2.79. The van der Waals surface area contributed by atoms with Crippen LogP contribution in [-0.2, 0) is 11.3 Å². The molecule has 21 heavy (non-hydrogen) atoms. The second-order valence-electron chi connectivity index (χ2n) is 4.85. The summed E-state index contributed by atoms with van der Waals surface area (Å²) in [5.74, 6) is 0.0177. The summed E-state index contributed by atoms with van der Waals surface area (Å²) >= 11 is 1.49. The van der Waals surface area contributed by atoms with Gasteiger partial charge in [0, 0.05) is 4.90 Å². The van der Waals surface area contributed by atoms with Gasteiger partial charge in [0.1, 0.15) is 5.25 Å². The maximum atomic E-state index is 12.6. The van der Waals surface area contributed by atoms with Gasteiger partial charge in [-0.3, -0.25) is 4.79 Å². The van der Waals surface area contributed by atoms with Gasteiger partial charge in [-0.15, -0.1) is 11.8 Å². The van der Waals surface area contributed by atoms with Crippen molar-refractivity contribution in [3.63, 3.8) is 0 Å². The molecular weight excluding hydrogens is 280 g/mol. The Morgan fingerprint density at radius 3 is 2.57 bits per heavy atom. The fourth-order valence-electron chi connectivity index (χ4n) is 2.42. The number of amides is 1. The van der Waals surface area contributed by atoms with Gasteiger partial charge < -0.3 is 4.90 Å². The zero-order valence-corrected chi connectivity index (χ0v) is 12.2. The van der Waals surface area contributed by atoms with E-state index >= 15 is 0 Å². The molecule has 1 heterocycles. The Balaban J connectivity index is 1.96. The molecule has 104 valence electrons. The maximum Gasteiger partial charge on any atom is 0.241 e. The molecule has 2 aromatic carbocycles. The first-order valence-electron chi connectivity index (χ1n) is 6.77. The number of hydrogen-bond donors (Lipinski definition) is 0. The smallest absolute Gasteiger partial charge is 0.241 e. The summed E-state index contributed by atoms with van der Waals surface area (Å²) < 4.78 is 0. The predicted molar refractivity (Wildman–Crippen MR) is 83.9 cm³/mol. The summed E-state index contributed by atoms with van der Waals surface area (Å²) in [6.45, 7) is 0.541. The molecule has 0 aliphatic carbocycles. The molecule has 1 unspecified atom stereocenters. The first-order valence-corrected chi connectivity index (χ1v) is 7.65. The molecule has 4 heteroatoms. The van der Waals surface area contributed by atoms with E-state index in [0.29, 0.717) is 6.54 Å². The van der Waals surface area contributed by atoms with Crippen molar-refractivity contribution in [2.24, 2.45) is 0 Å². The van der Waals surface area contributed by atoms with Gasteiger partial charge >= 0.3 is 0 Å². The standard InChI is InChI=1S/C17H14N2OS/c18-11-10-16-17(20)19(12-13-6-2-1-3-7-13)14-8-4-5-9-15(14)21-16/h1-9,16H,10,12H2. The molecule has 2 aromatic rings. The van der Waals surface area contributed by atoms with Crippen molar-refractivity contribution in [2.75, 3.05) is 4.90 Å². The number of anilines is 1. The van der Waals surface area contributed by atoms with Gasteiger partial charge in [0.25, 0.3) is 0 Å². The summed E-state index contributed by atoms with van der Waals surface area (Å²) in [6.07, 6.45) is 0.239. The Labute approximate surface area is 128 Å². The molecule has 0 aromatic heterocycles. The van der Waals surface area contributed by atoms with E-state index in [4.69, 9.17) is 5.26 Å². The lowest BCUT2D eigenvalue weighted by atomic mass is 10.1. The van der Waals surface area contributed by atoms with Crippen LogP contribution >= 0.6 is 11.8 Å². The number of rotatable bonds is 3. The van der Waals surface area contributed by atoms with Gasteiger partial charge in [-0.1, -0.05) is 42.5 Å². The normalized spacial score (nSPS) is 17.2. The third-order valence-electron chi connectivity index (χ3n) is 3.43. The van der Waals surface area contributed by atoms with Gasteiger partial charge in [-0.05, 0) is 17.7 Å². The molecule has 0 N–H and O–H groups in total. The molecule has 3 rings (SSSR count). The van der Waals surface area contributed by atoms with E-state index in [9.17, 15) is 4.79 Å². The molecule has 3 nitrogen and oxygen atoms in total. The van der Waals surface area contributed by atoms with Crippen molar-refractivity contribution in [3.05, 3.63) is 60.2 Å². The second-order valence-corrected chi connectivity index (χ2v) is 6.09. The van der Waals surface area contributed by atoms with E-state index in [2.05, 4.69) is 6.07 Å². The van der Waals surface area contributed by atoms with Crippen molar-refractivity contribution in [3.8, 4) is 6.07 Å². The molecule has 0 radical (unpaired) electrons. The minimum absolute atomic E-state index is 0.0177. The Bertz CT molecular complexity index is 693. The lowest BCUT2D eigenvalue weighted by Gasteiger charge is -2.33. The van der Waals surface area contributed by atoms with E-state index in [0.717, 1.165) is 16.1 Å². The Hall–Kier alpha value is -2.25. The number of fused-ring (bicyclic) bond motifs is 1. The number of hydrogen-bond acceptors (Lipinski definition) is 3. The van der Waals surface area contributed by atoms with Crippen molar-refractivity contribution < 1.29 is 4.79 Å². The Morgan fingerprint density at radius 1 is 1.10 bits per heavy atom. The first kappa shape index (κ1) is 13.7. The summed E-state index contributed by atoms with van der Waals surface area (Å²) in [4.78, 5) is 15.5. The van der Waals surface area contributed by atoms with Gasteiger partial charge in [0.05, 0.1) is 24.7 Å². The van der Waals surface area contributed by atoms with Gasteiger partial charge in [0.2, 0.25) is 5.91 Å². The van der Waals surface area contributed by atoms with Crippen LogP contribution in [0.15, 0.2) is 59.5 Å². The molecule has 0 fully saturated rings. The molecule has 0 saturated heterocycles. The van der Waals surface area contributed by atoms with Crippen LogP contribution < -0.4 is 4.90 Å². The molecule has 0 saturated carbocycles. The summed E-state index contributed by atoms with van der Waals surface area (Å²) in [5.41, 5.74) is 2.02. The van der Waals surface area contributed by atoms with Crippen LogP contribution in [0, 0.1) is 11.3 Å². The lowest BCUT2D eigenvalue weighted by Crippen LogP contribution is -2.40. The number of nitriles is 1. The van der Waals surface area contributed by atoms with E-state index < -0.39 is 0 Å². The van der Waals surface area contributed by atoms with E-state index in [1.54, 1.807) is 4.90 Å². The highest BCUT2D eigenvalue weighted by Crippen LogP contribution is 2.40. The van der Waals surface area contributed by atoms with Crippen LogP contribution in [0.25, 0.3) is 0 Å². The van der Waals surface area contributed by atoms with Crippen LogP contribution in [0.3, 0.4) is 0 Å². The van der Waals surface area contributed by atoms with E-state index in [-0.39, 0.29) is 17.6 Å². The van der Waals surface area contributed by atoms with Crippen molar-refractivity contribution in [1.82, 2.24) is 0 Å². The summed E-state index contributed by atoms with van der Waals surface area (Å²) in [6, 6.07) is 19.9. The average Bonchev–Trinajstić information content (AvgIpc) is 2.52. The van der Waals surface area contributed by atoms with Crippen molar-refractivity contribution in [1.29, 1.82) is 5.26 Å². The largest absolute Gasteiger partial charge is 0.306 e. The average molecular weight is 294 g/mol. The summed E-state index contributed by atoms with van der Waals surface area (Å²) in [7, 11) is 0. The number of thioether (sulfide) groups is 1. The number of para-hydroxylation sites is 1. The highest BCUT2D eigenvalue weighted by molar-refractivity contribution is 8.01. The second kappa shape index (κ2) is 6.02. The van der Waals surface area contributed by atoms with Crippen molar-refractivity contribution in [2.45, 2.75) is 23.1 Å². The van der Waals surface area contributed by atoms with E-state index in [1.807, 2.05) is 54.6 Å². The topological polar surface area (TPSA) is 44.1 Å². The molecule has 1 amide bonds. The maximum absolute atomic E-state index is 12.6. The van der Waals surface area contributed by atoms with Crippen LogP contribution in [0.1, 0.15) is 12.0 Å². The number of benzene rings is 2. The zero-order chi connectivity index (χ0) is 14.7. The zero-order valence-electron chi connectivity index (χ0n) is 11.4. The molecule has 1 aliphatic heterocycles.